The van der Waals surface area contributed by atoms with E-state index in [-0.39, 0.29) is 12.1 Å². The molecule has 0 aliphatic heterocycles. The average molecular weight is 407 g/mol. The van der Waals surface area contributed by atoms with E-state index in [1.807, 2.05) is 37.3 Å². The number of carbonyl (C=O) groups excluding carboxylic acids is 1. The quantitative estimate of drug-likeness (QED) is 0.249. The fourth-order valence-corrected chi connectivity index (χ4v) is 3.68. The van der Waals surface area contributed by atoms with E-state index in [1.165, 1.54) is 30.5 Å². The summed E-state index contributed by atoms with van der Waals surface area (Å²) in [6.07, 6.45) is 3.62. The van der Waals surface area contributed by atoms with Crippen LogP contribution in [0.5, 0.6) is 0 Å². The summed E-state index contributed by atoms with van der Waals surface area (Å²) in [5.41, 5.74) is 2.96. The highest BCUT2D eigenvalue weighted by molar-refractivity contribution is 6.03. The van der Waals surface area contributed by atoms with Crippen molar-refractivity contribution in [2.75, 3.05) is 0 Å². The molecule has 0 saturated heterocycles. The Balaban J connectivity index is 1.85. The summed E-state index contributed by atoms with van der Waals surface area (Å²) in [5.74, 6) is -2.44. The molecular formula is C22H21N3O5. The number of nitro benzene ring substituents is 1. The maximum atomic E-state index is 13.1. The number of allylic oxidation sites excluding steroid dienone is 2. The van der Waals surface area contributed by atoms with E-state index in [0.717, 1.165) is 11.1 Å². The number of nitrogens with zero attached hydrogens (tertiary/aromatic N) is 2. The number of nitrogens with one attached hydrogen (secondary N) is 1. The normalized spacial score (nSPS) is 21.1. The van der Waals surface area contributed by atoms with Gasteiger partial charge in [0.15, 0.2) is 5.41 Å². The first-order chi connectivity index (χ1) is 14.3. The second-order valence-corrected chi connectivity index (χ2v) is 7.25. The van der Waals surface area contributed by atoms with Gasteiger partial charge in [0.2, 0.25) is 0 Å². The van der Waals surface area contributed by atoms with Gasteiger partial charge in [-0.3, -0.25) is 19.7 Å². The molecule has 0 saturated carbocycles. The topological polar surface area (TPSA) is 122 Å². The molecule has 0 radical (unpaired) electrons. The summed E-state index contributed by atoms with van der Waals surface area (Å²) >= 11 is 0. The minimum Gasteiger partial charge on any atom is -0.480 e. The first-order valence-electron chi connectivity index (χ1n) is 9.36. The minimum absolute atomic E-state index is 0.0592. The van der Waals surface area contributed by atoms with Crippen LogP contribution in [0.15, 0.2) is 71.3 Å². The SMILES string of the molecule is CC1=CCC(C(=O)O)(C(=O)NN=Cc2ccc([N+](=O)[O-])cc2)C(c2ccccc2)C1. The smallest absolute Gasteiger partial charge is 0.320 e. The molecule has 0 heterocycles. The van der Waals surface area contributed by atoms with Crippen LogP contribution in [0.4, 0.5) is 5.69 Å². The number of benzene rings is 2. The molecule has 0 aromatic heterocycles. The predicted molar refractivity (Wildman–Crippen MR) is 111 cm³/mol. The lowest BCUT2D eigenvalue weighted by Crippen LogP contribution is -2.50. The molecule has 2 aromatic carbocycles. The average Bonchev–Trinajstić information content (AvgIpc) is 2.74. The van der Waals surface area contributed by atoms with Gasteiger partial charge in [0, 0.05) is 18.1 Å². The van der Waals surface area contributed by atoms with Crippen LogP contribution in [0.2, 0.25) is 0 Å². The number of aliphatic carboxylic acids is 1. The molecule has 3 rings (SSSR count). The van der Waals surface area contributed by atoms with Gasteiger partial charge >= 0.3 is 5.97 Å². The van der Waals surface area contributed by atoms with E-state index in [0.29, 0.717) is 12.0 Å². The molecule has 154 valence electrons. The Morgan fingerprint density at radius 3 is 2.47 bits per heavy atom. The second kappa shape index (κ2) is 8.69. The third kappa shape index (κ3) is 4.12. The van der Waals surface area contributed by atoms with Crippen molar-refractivity contribution in [3.05, 3.63) is 87.5 Å². The Morgan fingerprint density at radius 1 is 1.20 bits per heavy atom. The number of hydrogen-bond acceptors (Lipinski definition) is 5. The first-order valence-corrected chi connectivity index (χ1v) is 9.36. The number of carbonyl (C=O) groups is 2. The van der Waals surface area contributed by atoms with Crippen molar-refractivity contribution in [1.82, 2.24) is 5.43 Å². The molecule has 0 bridgehead atoms. The van der Waals surface area contributed by atoms with Crippen molar-refractivity contribution in [3.8, 4) is 0 Å². The molecule has 30 heavy (non-hydrogen) atoms. The van der Waals surface area contributed by atoms with E-state index in [1.54, 1.807) is 6.08 Å². The summed E-state index contributed by atoms with van der Waals surface area (Å²) in [5, 5.41) is 24.7. The summed E-state index contributed by atoms with van der Waals surface area (Å²) < 4.78 is 0. The minimum atomic E-state index is -1.69. The van der Waals surface area contributed by atoms with Gasteiger partial charge in [-0.15, -0.1) is 0 Å². The van der Waals surface area contributed by atoms with Gasteiger partial charge in [-0.1, -0.05) is 42.0 Å². The van der Waals surface area contributed by atoms with Crippen LogP contribution in [0.3, 0.4) is 0 Å². The molecule has 0 spiro atoms. The zero-order chi connectivity index (χ0) is 21.7. The van der Waals surface area contributed by atoms with Crippen LogP contribution in [0.1, 0.15) is 36.8 Å². The Bertz CT molecular complexity index is 1010. The molecule has 8 heteroatoms. The highest BCUT2D eigenvalue weighted by Gasteiger charge is 2.53. The second-order valence-electron chi connectivity index (χ2n) is 7.25. The van der Waals surface area contributed by atoms with E-state index in [2.05, 4.69) is 10.5 Å². The third-order valence-corrected chi connectivity index (χ3v) is 5.37. The summed E-state index contributed by atoms with van der Waals surface area (Å²) in [6.45, 7) is 1.92. The van der Waals surface area contributed by atoms with E-state index >= 15 is 0 Å². The monoisotopic (exact) mass is 407 g/mol. The molecule has 2 unspecified atom stereocenters. The molecule has 2 atom stereocenters. The van der Waals surface area contributed by atoms with Gasteiger partial charge in [-0.2, -0.15) is 5.10 Å². The Hall–Kier alpha value is -3.81. The number of hydrogen-bond donors (Lipinski definition) is 2. The van der Waals surface area contributed by atoms with Crippen LogP contribution >= 0.6 is 0 Å². The van der Waals surface area contributed by atoms with Crippen LogP contribution in [-0.2, 0) is 9.59 Å². The lowest BCUT2D eigenvalue weighted by atomic mass is 9.64. The number of nitro groups is 1. The number of carboxylic acid groups (broad SMARTS) is 1. The van der Waals surface area contributed by atoms with Crippen LogP contribution in [-0.4, -0.2) is 28.1 Å². The standard InChI is InChI=1S/C22H21N3O5/c1-15-11-12-22(21(27)28,19(13-15)17-5-3-2-4-6-17)20(26)24-23-14-16-7-9-18(10-8-16)25(29)30/h2-11,14,19H,12-13H2,1H3,(H,24,26)(H,27,28). The Kier molecular flexibility index (Phi) is 6.06. The van der Waals surface area contributed by atoms with Gasteiger partial charge in [0.25, 0.3) is 11.6 Å². The largest absolute Gasteiger partial charge is 0.480 e. The number of rotatable bonds is 6. The maximum absolute atomic E-state index is 13.1. The molecule has 1 aliphatic carbocycles. The van der Waals surface area contributed by atoms with Crippen molar-refractivity contribution >= 4 is 23.8 Å². The molecule has 2 N–H and O–H groups in total. The van der Waals surface area contributed by atoms with Gasteiger partial charge in [0.05, 0.1) is 11.1 Å². The van der Waals surface area contributed by atoms with Crippen molar-refractivity contribution in [3.63, 3.8) is 0 Å². The molecule has 1 aliphatic rings. The molecule has 1 amide bonds. The van der Waals surface area contributed by atoms with E-state index in [4.69, 9.17) is 0 Å². The van der Waals surface area contributed by atoms with Crippen LogP contribution in [0, 0.1) is 15.5 Å². The highest BCUT2D eigenvalue weighted by atomic mass is 16.6. The summed E-state index contributed by atoms with van der Waals surface area (Å²) in [4.78, 5) is 35.6. The van der Waals surface area contributed by atoms with Crippen molar-refractivity contribution in [1.29, 1.82) is 0 Å². The van der Waals surface area contributed by atoms with E-state index in [9.17, 15) is 24.8 Å². The fourth-order valence-electron chi connectivity index (χ4n) is 3.68. The number of non-ortho nitro benzene ring substituents is 1. The van der Waals surface area contributed by atoms with Crippen molar-refractivity contribution in [2.45, 2.75) is 25.7 Å². The molecular weight excluding hydrogens is 386 g/mol. The molecule has 2 aromatic rings. The molecule has 0 fully saturated rings. The van der Waals surface area contributed by atoms with Crippen molar-refractivity contribution in [2.24, 2.45) is 10.5 Å². The van der Waals surface area contributed by atoms with E-state index < -0.39 is 28.1 Å². The maximum Gasteiger partial charge on any atom is 0.320 e. The third-order valence-electron chi connectivity index (χ3n) is 5.37. The lowest BCUT2D eigenvalue weighted by Gasteiger charge is -2.38. The molecule has 8 nitrogen and oxygen atoms in total. The number of hydrazone groups is 1. The fraction of sp³-hybridized carbons (Fsp3) is 0.227. The van der Waals surface area contributed by atoms with Crippen LogP contribution < -0.4 is 5.43 Å². The predicted octanol–water partition coefficient (Wildman–Crippen LogP) is 3.64. The summed E-state index contributed by atoms with van der Waals surface area (Å²) in [6, 6.07) is 14.7. The van der Waals surface area contributed by atoms with Crippen molar-refractivity contribution < 1.29 is 19.6 Å². The zero-order valence-corrected chi connectivity index (χ0v) is 16.3. The number of carboxylic acids is 1. The van der Waals surface area contributed by atoms with Gasteiger partial charge < -0.3 is 5.11 Å². The Morgan fingerprint density at radius 2 is 1.87 bits per heavy atom. The number of amides is 1. The lowest BCUT2D eigenvalue weighted by molar-refractivity contribution is -0.384. The first kappa shape index (κ1) is 20.9. The van der Waals surface area contributed by atoms with Gasteiger partial charge in [0.1, 0.15) is 0 Å². The van der Waals surface area contributed by atoms with Gasteiger partial charge in [-0.25, -0.2) is 5.43 Å². The van der Waals surface area contributed by atoms with Crippen LogP contribution in [0.25, 0.3) is 0 Å². The summed E-state index contributed by atoms with van der Waals surface area (Å²) in [7, 11) is 0. The zero-order valence-electron chi connectivity index (χ0n) is 16.3. The Labute approximate surface area is 173 Å². The highest BCUT2D eigenvalue weighted by Crippen LogP contribution is 2.47. The van der Waals surface area contributed by atoms with Gasteiger partial charge in [-0.05, 0) is 43.0 Å².